The van der Waals surface area contributed by atoms with Crippen molar-refractivity contribution in [3.63, 3.8) is 0 Å². The minimum atomic E-state index is -0.398. The zero-order valence-corrected chi connectivity index (χ0v) is 12.4. The maximum Gasteiger partial charge on any atom is 0.280 e. The monoisotopic (exact) mass is 289 g/mol. The van der Waals surface area contributed by atoms with E-state index in [0.717, 1.165) is 5.56 Å². The van der Waals surface area contributed by atoms with Crippen molar-refractivity contribution in [3.8, 4) is 11.4 Å². The number of aryl methyl sites for hydroxylation is 1. The maximum absolute atomic E-state index is 11.2. The second-order valence-corrected chi connectivity index (χ2v) is 5.43. The second-order valence-electron chi connectivity index (χ2n) is 5.43. The number of nitro benzene ring substituents is 1. The van der Waals surface area contributed by atoms with E-state index in [2.05, 4.69) is 24.0 Å². The van der Waals surface area contributed by atoms with Gasteiger partial charge in [-0.3, -0.25) is 10.1 Å². The molecule has 0 bridgehead atoms. The van der Waals surface area contributed by atoms with Crippen molar-refractivity contribution < 1.29 is 4.92 Å². The van der Waals surface area contributed by atoms with Gasteiger partial charge in [-0.2, -0.15) is 0 Å². The summed E-state index contributed by atoms with van der Waals surface area (Å²) >= 11 is 0. The second kappa shape index (κ2) is 6.01. The van der Waals surface area contributed by atoms with Crippen LogP contribution in [0.2, 0.25) is 0 Å². The largest absolute Gasteiger partial charge is 0.324 e. The van der Waals surface area contributed by atoms with Crippen LogP contribution in [0.1, 0.15) is 25.2 Å². The first kappa shape index (κ1) is 15.1. The highest BCUT2D eigenvalue weighted by Gasteiger charge is 2.22. The molecule has 0 unspecified atom stereocenters. The van der Waals surface area contributed by atoms with Gasteiger partial charge in [-0.15, -0.1) is 10.2 Å². The zero-order valence-electron chi connectivity index (χ0n) is 12.4. The van der Waals surface area contributed by atoms with Gasteiger partial charge >= 0.3 is 0 Å². The van der Waals surface area contributed by atoms with E-state index in [1.54, 1.807) is 12.1 Å². The zero-order chi connectivity index (χ0) is 15.6. The molecule has 1 heterocycles. The number of aromatic nitrogens is 3. The van der Waals surface area contributed by atoms with Crippen LogP contribution in [0.4, 0.5) is 5.69 Å². The van der Waals surface area contributed by atoms with Crippen LogP contribution in [0, 0.1) is 23.0 Å². The summed E-state index contributed by atoms with van der Waals surface area (Å²) in [5.41, 5.74) is 7.13. The Morgan fingerprint density at radius 1 is 1.38 bits per heavy atom. The van der Waals surface area contributed by atoms with E-state index in [1.807, 2.05) is 11.5 Å². The highest BCUT2D eigenvalue weighted by atomic mass is 16.6. The Labute approximate surface area is 122 Å². The molecule has 0 aliphatic heterocycles. The lowest BCUT2D eigenvalue weighted by Gasteiger charge is -2.12. The average Bonchev–Trinajstić information content (AvgIpc) is 2.80. The number of nitro groups is 1. The van der Waals surface area contributed by atoms with Gasteiger partial charge in [-0.05, 0) is 24.5 Å². The van der Waals surface area contributed by atoms with Crippen LogP contribution in [0.3, 0.4) is 0 Å². The van der Waals surface area contributed by atoms with E-state index in [-0.39, 0.29) is 12.2 Å². The first-order valence-corrected chi connectivity index (χ1v) is 6.81. The molecule has 2 aromatic rings. The molecule has 7 nitrogen and oxygen atoms in total. The van der Waals surface area contributed by atoms with Gasteiger partial charge < -0.3 is 10.3 Å². The number of nitrogens with two attached hydrogens (primary N) is 1. The fourth-order valence-electron chi connectivity index (χ4n) is 2.23. The number of hydrogen-bond donors (Lipinski definition) is 1. The third kappa shape index (κ3) is 3.08. The van der Waals surface area contributed by atoms with E-state index < -0.39 is 4.92 Å². The van der Waals surface area contributed by atoms with Crippen LogP contribution in [0.5, 0.6) is 0 Å². The number of nitrogens with zero attached hydrogens (tertiary/aromatic N) is 4. The van der Waals surface area contributed by atoms with Gasteiger partial charge in [0, 0.05) is 12.6 Å². The first-order valence-electron chi connectivity index (χ1n) is 6.81. The van der Waals surface area contributed by atoms with Crippen LogP contribution in [0.15, 0.2) is 18.2 Å². The molecule has 7 heteroatoms. The highest BCUT2D eigenvalue weighted by Crippen LogP contribution is 2.30. The lowest BCUT2D eigenvalue weighted by Crippen LogP contribution is -2.13. The van der Waals surface area contributed by atoms with Crippen molar-refractivity contribution in [3.05, 3.63) is 39.7 Å². The molecule has 0 aliphatic rings. The van der Waals surface area contributed by atoms with Gasteiger partial charge in [0.2, 0.25) is 0 Å². The predicted molar refractivity (Wildman–Crippen MR) is 79.6 cm³/mol. The molecule has 0 aliphatic carbocycles. The molecule has 112 valence electrons. The smallest absolute Gasteiger partial charge is 0.280 e. The van der Waals surface area contributed by atoms with Crippen molar-refractivity contribution in [2.45, 2.75) is 33.9 Å². The standard InChI is InChI=1S/C14H19N5O2/c1-9(2)8-18-13(7-15)16-17-14(18)11-6-10(3)4-5-12(11)19(20)21/h4-6,9H,7-8,15H2,1-3H3. The van der Waals surface area contributed by atoms with E-state index in [9.17, 15) is 10.1 Å². The van der Waals surface area contributed by atoms with E-state index in [1.165, 1.54) is 6.07 Å². The fourth-order valence-corrected chi connectivity index (χ4v) is 2.23. The quantitative estimate of drug-likeness (QED) is 0.672. The van der Waals surface area contributed by atoms with Crippen molar-refractivity contribution in [2.75, 3.05) is 0 Å². The molecule has 0 saturated heterocycles. The number of benzene rings is 1. The molecule has 2 rings (SSSR count). The van der Waals surface area contributed by atoms with E-state index in [4.69, 9.17) is 5.73 Å². The van der Waals surface area contributed by atoms with Crippen LogP contribution in [0.25, 0.3) is 11.4 Å². The minimum absolute atomic E-state index is 0.0292. The van der Waals surface area contributed by atoms with Crippen molar-refractivity contribution >= 4 is 5.69 Å². The Kier molecular flexibility index (Phi) is 4.32. The molecule has 0 radical (unpaired) electrons. The van der Waals surface area contributed by atoms with E-state index in [0.29, 0.717) is 29.7 Å². The lowest BCUT2D eigenvalue weighted by atomic mass is 10.1. The van der Waals surface area contributed by atoms with Gasteiger partial charge in [0.1, 0.15) is 5.82 Å². The Morgan fingerprint density at radius 3 is 2.67 bits per heavy atom. The third-order valence-corrected chi connectivity index (χ3v) is 3.15. The molecule has 0 fully saturated rings. The van der Waals surface area contributed by atoms with E-state index >= 15 is 0 Å². The Bertz CT molecular complexity index is 663. The summed E-state index contributed by atoms with van der Waals surface area (Å²) in [4.78, 5) is 10.8. The van der Waals surface area contributed by atoms with Crippen LogP contribution in [-0.4, -0.2) is 19.7 Å². The SMILES string of the molecule is Cc1ccc([N+](=O)[O-])c(-c2nnc(CN)n2CC(C)C)c1. The summed E-state index contributed by atoms with van der Waals surface area (Å²) in [5.74, 6) is 1.49. The van der Waals surface area contributed by atoms with Gasteiger partial charge in [-0.1, -0.05) is 19.9 Å². The Balaban J connectivity index is 2.64. The molecule has 0 spiro atoms. The average molecular weight is 289 g/mol. The molecule has 0 amide bonds. The van der Waals surface area contributed by atoms with Crippen molar-refractivity contribution in [1.29, 1.82) is 0 Å². The minimum Gasteiger partial charge on any atom is -0.324 e. The van der Waals surface area contributed by atoms with Crippen LogP contribution in [-0.2, 0) is 13.1 Å². The summed E-state index contributed by atoms with van der Waals surface area (Å²) in [6.45, 7) is 6.93. The molecule has 2 N–H and O–H groups in total. The van der Waals surface area contributed by atoms with Crippen molar-refractivity contribution in [2.24, 2.45) is 11.7 Å². The van der Waals surface area contributed by atoms with Gasteiger partial charge in [0.05, 0.1) is 17.0 Å². The highest BCUT2D eigenvalue weighted by molar-refractivity contribution is 5.69. The Hall–Kier alpha value is -2.28. The molecule has 1 aromatic heterocycles. The number of rotatable bonds is 5. The first-order chi connectivity index (χ1) is 9.93. The molecule has 21 heavy (non-hydrogen) atoms. The maximum atomic E-state index is 11.2. The summed E-state index contributed by atoms with van der Waals surface area (Å²) in [7, 11) is 0. The predicted octanol–water partition coefficient (Wildman–Crippen LogP) is 2.28. The van der Waals surface area contributed by atoms with Crippen LogP contribution < -0.4 is 5.73 Å². The Morgan fingerprint density at radius 2 is 2.10 bits per heavy atom. The lowest BCUT2D eigenvalue weighted by molar-refractivity contribution is -0.384. The summed E-state index contributed by atoms with van der Waals surface area (Å²) < 4.78 is 1.87. The van der Waals surface area contributed by atoms with Gasteiger partial charge in [0.25, 0.3) is 5.69 Å². The fraction of sp³-hybridized carbons (Fsp3) is 0.429. The molecular formula is C14H19N5O2. The topological polar surface area (TPSA) is 99.9 Å². The van der Waals surface area contributed by atoms with Crippen molar-refractivity contribution in [1.82, 2.24) is 14.8 Å². The summed E-state index contributed by atoms with van der Waals surface area (Å²) in [5, 5.41) is 19.4. The molecule has 0 saturated carbocycles. The molecular weight excluding hydrogens is 270 g/mol. The normalized spacial score (nSPS) is 11.1. The van der Waals surface area contributed by atoms with Gasteiger partial charge in [-0.25, -0.2) is 0 Å². The molecule has 0 atom stereocenters. The summed E-state index contributed by atoms with van der Waals surface area (Å²) in [6.07, 6.45) is 0. The molecule has 1 aromatic carbocycles. The number of hydrogen-bond acceptors (Lipinski definition) is 5. The van der Waals surface area contributed by atoms with Gasteiger partial charge in [0.15, 0.2) is 5.82 Å². The van der Waals surface area contributed by atoms with Crippen LogP contribution >= 0.6 is 0 Å². The summed E-state index contributed by atoms with van der Waals surface area (Å²) in [6, 6.07) is 4.98. The third-order valence-electron chi connectivity index (χ3n) is 3.15.